The third kappa shape index (κ3) is 3.41. The van der Waals surface area contributed by atoms with Gasteiger partial charge in [0.25, 0.3) is 0 Å². The highest BCUT2D eigenvalue weighted by molar-refractivity contribution is 7.13. The van der Waals surface area contributed by atoms with Crippen molar-refractivity contribution in [2.45, 2.75) is 26.2 Å². The number of hydrogen-bond donors (Lipinski definition) is 1. The average Bonchev–Trinajstić information content (AvgIpc) is 2.93. The molecular weight excluding hydrogens is 256 g/mol. The van der Waals surface area contributed by atoms with Gasteiger partial charge in [0.1, 0.15) is 0 Å². The van der Waals surface area contributed by atoms with E-state index in [1.54, 1.807) is 6.20 Å². The number of nitrogens with zero attached hydrogens (tertiary/aromatic N) is 1. The topological polar surface area (TPSA) is 42.0 Å². The van der Waals surface area contributed by atoms with Gasteiger partial charge < -0.3 is 5.32 Å². The highest BCUT2D eigenvalue weighted by Gasteiger charge is 2.26. The lowest BCUT2D eigenvalue weighted by molar-refractivity contribution is -0.118. The summed E-state index contributed by atoms with van der Waals surface area (Å²) in [6, 6.07) is 9.94. The maximum atomic E-state index is 12.5. The smallest absolute Gasteiger partial charge is 0.233 e. The first-order valence-electron chi connectivity index (χ1n) is 6.47. The molecule has 0 saturated carbocycles. The van der Waals surface area contributed by atoms with Gasteiger partial charge in [-0.1, -0.05) is 50.6 Å². The summed E-state index contributed by atoms with van der Waals surface area (Å²) in [5.74, 6) is 0.188. The fraction of sp³-hybridized carbons (Fsp3) is 0.333. The van der Waals surface area contributed by atoms with Crippen molar-refractivity contribution in [2.75, 3.05) is 5.32 Å². The van der Waals surface area contributed by atoms with E-state index in [0.29, 0.717) is 11.0 Å². The van der Waals surface area contributed by atoms with E-state index in [1.165, 1.54) is 11.3 Å². The number of aromatic nitrogens is 1. The highest BCUT2D eigenvalue weighted by Crippen LogP contribution is 2.28. The first-order valence-corrected chi connectivity index (χ1v) is 7.35. The Morgan fingerprint density at radius 3 is 2.68 bits per heavy atom. The minimum Gasteiger partial charge on any atom is -0.301 e. The zero-order valence-corrected chi connectivity index (χ0v) is 12.0. The summed E-state index contributed by atoms with van der Waals surface area (Å²) in [5, 5.41) is 5.42. The van der Waals surface area contributed by atoms with E-state index in [0.717, 1.165) is 12.0 Å². The molecule has 1 heterocycles. The Hall–Kier alpha value is -1.68. The minimum atomic E-state index is -0.130. The third-order valence-corrected chi connectivity index (χ3v) is 4.01. The van der Waals surface area contributed by atoms with Crippen molar-refractivity contribution in [3.05, 3.63) is 47.5 Å². The van der Waals surface area contributed by atoms with Gasteiger partial charge in [0, 0.05) is 11.6 Å². The molecule has 0 saturated heterocycles. The summed E-state index contributed by atoms with van der Waals surface area (Å²) in [4.78, 5) is 16.6. The average molecular weight is 274 g/mol. The standard InChI is InChI=1S/C15H18N2OS/c1-3-11(2)13(12-7-5-4-6-8-12)14(18)17-15-16-9-10-19-15/h4-11,13H,3H2,1-2H3,(H,16,17,18)/t11-,13-/m0/s1. The van der Waals surface area contributed by atoms with Gasteiger partial charge >= 0.3 is 0 Å². The first-order chi connectivity index (χ1) is 9.22. The molecule has 0 fully saturated rings. The molecule has 2 rings (SSSR count). The van der Waals surface area contributed by atoms with E-state index in [1.807, 2.05) is 35.7 Å². The lowest BCUT2D eigenvalue weighted by Gasteiger charge is -2.22. The van der Waals surface area contributed by atoms with Crippen LogP contribution >= 0.6 is 11.3 Å². The van der Waals surface area contributed by atoms with Crippen LogP contribution in [0.4, 0.5) is 5.13 Å². The number of carbonyl (C=O) groups is 1. The van der Waals surface area contributed by atoms with Crippen molar-refractivity contribution in [1.82, 2.24) is 4.98 Å². The molecule has 19 heavy (non-hydrogen) atoms. The molecule has 0 unspecified atom stereocenters. The zero-order valence-electron chi connectivity index (χ0n) is 11.2. The van der Waals surface area contributed by atoms with Gasteiger partial charge in [-0.25, -0.2) is 4.98 Å². The predicted octanol–water partition coefficient (Wildman–Crippen LogP) is 3.91. The number of nitrogens with one attached hydrogen (secondary N) is 1. The Labute approximate surface area is 117 Å². The summed E-state index contributed by atoms with van der Waals surface area (Å²) in [6.45, 7) is 4.22. The maximum absolute atomic E-state index is 12.5. The monoisotopic (exact) mass is 274 g/mol. The van der Waals surface area contributed by atoms with Crippen molar-refractivity contribution < 1.29 is 4.79 Å². The summed E-state index contributed by atoms with van der Waals surface area (Å²) >= 11 is 1.44. The molecule has 2 atom stereocenters. The second-order valence-electron chi connectivity index (χ2n) is 4.60. The third-order valence-electron chi connectivity index (χ3n) is 3.32. The van der Waals surface area contributed by atoms with E-state index in [2.05, 4.69) is 24.1 Å². The summed E-state index contributed by atoms with van der Waals surface area (Å²) in [5.41, 5.74) is 1.06. The van der Waals surface area contributed by atoms with E-state index in [4.69, 9.17) is 0 Å². The van der Waals surface area contributed by atoms with Crippen LogP contribution in [0.25, 0.3) is 0 Å². The van der Waals surface area contributed by atoms with E-state index in [9.17, 15) is 4.79 Å². The van der Waals surface area contributed by atoms with Gasteiger partial charge in [-0.3, -0.25) is 4.79 Å². The van der Waals surface area contributed by atoms with E-state index in [-0.39, 0.29) is 11.8 Å². The van der Waals surface area contributed by atoms with E-state index >= 15 is 0 Å². The molecule has 2 aromatic rings. The molecule has 0 spiro atoms. The molecule has 1 amide bonds. The molecule has 0 aliphatic rings. The van der Waals surface area contributed by atoms with Gasteiger partial charge in [0.2, 0.25) is 5.91 Å². The number of anilines is 1. The lowest BCUT2D eigenvalue weighted by atomic mass is 9.85. The largest absolute Gasteiger partial charge is 0.301 e. The number of hydrogen-bond acceptors (Lipinski definition) is 3. The van der Waals surface area contributed by atoms with Crippen LogP contribution in [-0.2, 0) is 4.79 Å². The van der Waals surface area contributed by atoms with Crippen molar-refractivity contribution in [2.24, 2.45) is 5.92 Å². The molecule has 4 heteroatoms. The number of amides is 1. The van der Waals surface area contributed by atoms with Crippen LogP contribution in [0.3, 0.4) is 0 Å². The molecule has 3 nitrogen and oxygen atoms in total. The number of benzene rings is 1. The Morgan fingerprint density at radius 2 is 2.11 bits per heavy atom. The second kappa shape index (κ2) is 6.48. The molecule has 0 bridgehead atoms. The van der Waals surface area contributed by atoms with Crippen LogP contribution in [0, 0.1) is 5.92 Å². The molecule has 100 valence electrons. The van der Waals surface area contributed by atoms with Crippen molar-refractivity contribution in [3.63, 3.8) is 0 Å². The summed E-state index contributed by atoms with van der Waals surface area (Å²) in [7, 11) is 0. The molecular formula is C15H18N2OS. The quantitative estimate of drug-likeness (QED) is 0.898. The SMILES string of the molecule is CC[C@H](C)[C@H](C(=O)Nc1nccs1)c1ccccc1. The van der Waals surface area contributed by atoms with Crippen molar-refractivity contribution in [1.29, 1.82) is 0 Å². The summed E-state index contributed by atoms with van der Waals surface area (Å²) < 4.78 is 0. The normalized spacial score (nSPS) is 13.8. The van der Waals surface area contributed by atoms with Gasteiger partial charge in [-0.05, 0) is 11.5 Å². The fourth-order valence-corrected chi connectivity index (χ4v) is 2.63. The van der Waals surface area contributed by atoms with Crippen molar-refractivity contribution >= 4 is 22.4 Å². The second-order valence-corrected chi connectivity index (χ2v) is 5.49. The number of carbonyl (C=O) groups excluding carboxylic acids is 1. The van der Waals surface area contributed by atoms with E-state index < -0.39 is 0 Å². The lowest BCUT2D eigenvalue weighted by Crippen LogP contribution is -2.26. The zero-order chi connectivity index (χ0) is 13.7. The van der Waals surface area contributed by atoms with Gasteiger partial charge in [-0.2, -0.15) is 0 Å². The summed E-state index contributed by atoms with van der Waals surface area (Å²) in [6.07, 6.45) is 2.66. The van der Waals surface area contributed by atoms with Crippen LogP contribution in [-0.4, -0.2) is 10.9 Å². The predicted molar refractivity (Wildman–Crippen MR) is 79.4 cm³/mol. The van der Waals surface area contributed by atoms with Gasteiger partial charge in [-0.15, -0.1) is 11.3 Å². The first kappa shape index (κ1) is 13.7. The maximum Gasteiger partial charge on any atom is 0.233 e. The number of rotatable bonds is 5. The Morgan fingerprint density at radius 1 is 1.37 bits per heavy atom. The fourth-order valence-electron chi connectivity index (χ4n) is 2.10. The van der Waals surface area contributed by atoms with Gasteiger partial charge in [0.15, 0.2) is 5.13 Å². The molecule has 0 aliphatic heterocycles. The number of thiazole rings is 1. The molecule has 1 N–H and O–H groups in total. The minimum absolute atomic E-state index is 0.0236. The Bertz CT molecular complexity index is 510. The van der Waals surface area contributed by atoms with Crippen LogP contribution in [0.2, 0.25) is 0 Å². The molecule has 1 aromatic carbocycles. The molecule has 1 aromatic heterocycles. The highest BCUT2D eigenvalue weighted by atomic mass is 32.1. The van der Waals surface area contributed by atoms with Crippen molar-refractivity contribution in [3.8, 4) is 0 Å². The van der Waals surface area contributed by atoms with Gasteiger partial charge in [0.05, 0.1) is 5.92 Å². The molecule has 0 radical (unpaired) electrons. The van der Waals surface area contributed by atoms with Crippen LogP contribution in [0.5, 0.6) is 0 Å². The van der Waals surface area contributed by atoms with Crippen LogP contribution < -0.4 is 5.32 Å². The Balaban J connectivity index is 2.20. The van der Waals surface area contributed by atoms with Crippen LogP contribution in [0.15, 0.2) is 41.9 Å². The Kier molecular flexibility index (Phi) is 4.68. The molecule has 0 aliphatic carbocycles. The van der Waals surface area contributed by atoms with Crippen LogP contribution in [0.1, 0.15) is 31.7 Å².